The number of hydrogen-bond donors (Lipinski definition) is 3. The second kappa shape index (κ2) is 40.3. The third-order valence-electron chi connectivity index (χ3n) is 23.8. The molecule has 4 bridgehead atoms. The Morgan fingerprint density at radius 1 is 0.781 bits per heavy atom. The minimum atomic E-state index is -1.50. The number of likely N-dealkylation sites (N-methyl/N-ethyl adjacent to an activating group) is 7. The molecule has 27 heteroatoms. The number of ether oxygens (including phenoxy) is 1. The summed E-state index contributed by atoms with van der Waals surface area (Å²) in [6, 6.07) is -8.81. The summed E-state index contributed by atoms with van der Waals surface area (Å²) in [5, 5.41) is 5.83. The average molecular weight is 1510 g/mol. The van der Waals surface area contributed by atoms with Gasteiger partial charge in [-0.05, 0) is 151 Å². The van der Waals surface area contributed by atoms with Crippen LogP contribution in [0.4, 0.5) is 0 Å². The van der Waals surface area contributed by atoms with Crippen molar-refractivity contribution in [3.8, 4) is 0 Å². The van der Waals surface area contributed by atoms with E-state index in [-0.39, 0.29) is 80.2 Å². The van der Waals surface area contributed by atoms with Crippen LogP contribution in [-0.4, -0.2) is 275 Å². The number of amides is 11. The van der Waals surface area contributed by atoms with E-state index >= 15 is 19.2 Å². The predicted molar refractivity (Wildman–Crippen MR) is 406 cm³/mol. The summed E-state index contributed by atoms with van der Waals surface area (Å²) in [6.07, 6.45) is 20.5. The summed E-state index contributed by atoms with van der Waals surface area (Å²) in [7, 11) is 12.0. The number of likely N-dealkylation sites (tertiary alicyclic amines) is 1. The van der Waals surface area contributed by atoms with Crippen LogP contribution < -0.4 is 16.4 Å². The van der Waals surface area contributed by atoms with E-state index in [1.54, 1.807) is 18.9 Å². The summed E-state index contributed by atoms with van der Waals surface area (Å²) in [5.74, 6) is -6.12. The average Bonchev–Trinajstić information content (AvgIpc) is 1.19. The van der Waals surface area contributed by atoms with Crippen molar-refractivity contribution in [1.29, 1.82) is 0 Å². The lowest BCUT2D eigenvalue weighted by atomic mass is 9.58. The van der Waals surface area contributed by atoms with Gasteiger partial charge in [0.2, 0.25) is 65.0 Å². The van der Waals surface area contributed by atoms with Crippen LogP contribution in [0.5, 0.6) is 0 Å². The molecule has 0 aromatic heterocycles. The third kappa shape index (κ3) is 22.7. The normalized spacial score (nSPS) is 28.4. The van der Waals surface area contributed by atoms with Crippen LogP contribution in [0, 0.1) is 35.0 Å². The molecule has 7 aliphatic rings. The molecule has 4 heterocycles. The van der Waals surface area contributed by atoms with Crippen molar-refractivity contribution in [3.63, 3.8) is 0 Å². The third-order valence-corrected chi connectivity index (χ3v) is 24.9. The van der Waals surface area contributed by atoms with Crippen molar-refractivity contribution in [1.82, 2.24) is 54.7 Å². The molecule has 3 unspecified atom stereocenters. The summed E-state index contributed by atoms with van der Waals surface area (Å²) >= 11 is 12.9. The standard InChI is InChI=1S/C78H128Cl2N12O13/c1-16-50(5)66-74(102)86(11)47-65(95)88(13)60-30-26-23-27-39-91(73(60)101)63(72(100)85(10)40-41-93)43-53-33-31-51(32-34-53)28-24-21-20-22-25-29-59(68(96)82-66)87(12)64(94)45-62(71(99)84(8)9)89(14)75(103)67(54(17-2)18-3)90(15)76(104)78(48-77(6,7)49-78)83-69(97)61-44-55(105-19-4)46-92(61)70(98)58(81)38-36-52-35-37-56(79)57(80)42-52/h23-24,26,28,41,50-63,66-67H,16-22,25,27,29-40,42-49,81H2,1-15H3,(H,82,96)(H,83,97)/b26-23-,28-24+/t50-,51?,52?,53?,55+,56?,57?,58-,59-,60-,61-,62-,63-,66-,67-/m0/s1. The van der Waals surface area contributed by atoms with Gasteiger partial charge in [0.05, 0.1) is 37.0 Å². The van der Waals surface area contributed by atoms with Crippen LogP contribution in [0.1, 0.15) is 203 Å². The van der Waals surface area contributed by atoms with Crippen LogP contribution in [0.25, 0.3) is 0 Å². The van der Waals surface area contributed by atoms with E-state index < -0.39 is 149 Å². The fourth-order valence-corrected chi connectivity index (χ4v) is 17.7. The number of rotatable bonds is 24. The van der Waals surface area contributed by atoms with E-state index in [2.05, 4.69) is 22.8 Å². The minimum Gasteiger partial charge on any atom is -0.377 e. The van der Waals surface area contributed by atoms with E-state index in [9.17, 15) is 38.4 Å². The first-order valence-corrected chi connectivity index (χ1v) is 39.9. The Labute approximate surface area is 635 Å². The highest BCUT2D eigenvalue weighted by Crippen LogP contribution is 2.50. The molecule has 7 rings (SSSR count). The van der Waals surface area contributed by atoms with Crippen molar-refractivity contribution in [3.05, 3.63) is 24.3 Å². The molecule has 0 aromatic rings. The van der Waals surface area contributed by atoms with E-state index in [1.165, 1.54) is 88.5 Å². The zero-order valence-corrected chi connectivity index (χ0v) is 67.3. The largest absolute Gasteiger partial charge is 0.377 e. The Morgan fingerprint density at radius 3 is 2.07 bits per heavy atom. The van der Waals surface area contributed by atoms with Crippen LogP contribution >= 0.6 is 23.2 Å². The predicted octanol–water partition coefficient (Wildman–Crippen LogP) is 6.92. The highest BCUT2D eigenvalue weighted by molar-refractivity contribution is 6.30. The molecule has 25 nitrogen and oxygen atoms in total. The van der Waals surface area contributed by atoms with Gasteiger partial charge in [-0.1, -0.05) is 98.0 Å². The number of carbonyl (C=O) groups is 12. The molecule has 3 saturated carbocycles. The maximum atomic E-state index is 15.7. The van der Waals surface area contributed by atoms with Crippen LogP contribution in [0.2, 0.25) is 0 Å². The Morgan fingerprint density at radius 2 is 1.46 bits per heavy atom. The minimum absolute atomic E-state index is 0.108. The SMILES string of the molecule is CCO[C@@H]1C[C@@H](C(=O)NC2(C(=O)N(C)[C@H](C(=O)N(C)[C@@H](CC(=O)N(C)[C@H]3CCCCC/C=C/C4CCC(CC4)C[C@@H](C(=O)N(C)CC=O)N4CC/C=C\C[C@@H](C4=O)N(C)C(=O)CN(C)C(=O)[C@H]([C@@H](C)CC)NC3=O)C(=O)N(C)C)C(CC)CC)CC(C)(C)C2)N(C(=O)[C@@H](N)CCC2CCC(Cl)C(Cl)C2)C1. The van der Waals surface area contributed by atoms with E-state index in [1.807, 2.05) is 53.7 Å². The molecule has 4 N–H and O–H groups in total. The number of nitrogens with zero attached hydrogens (tertiary/aromatic N) is 9. The number of allylic oxidation sites excluding steroid dienone is 2. The van der Waals surface area contributed by atoms with Crippen molar-refractivity contribution < 1.29 is 62.3 Å². The van der Waals surface area contributed by atoms with Crippen molar-refractivity contribution in [2.75, 3.05) is 89.2 Å². The molecule has 0 radical (unpaired) electrons. The zero-order chi connectivity index (χ0) is 77.9. The number of nitrogens with two attached hydrogens (primary N) is 1. The quantitative estimate of drug-likeness (QED) is 0.0383. The van der Waals surface area contributed by atoms with Gasteiger partial charge in [0.15, 0.2) is 0 Å². The molecule has 13 atom stereocenters. The summed E-state index contributed by atoms with van der Waals surface area (Å²) in [4.78, 5) is 188. The first-order chi connectivity index (χ1) is 49.6. The molecular weight excluding hydrogens is 1380 g/mol. The lowest BCUT2D eigenvalue weighted by Gasteiger charge is -2.54. The van der Waals surface area contributed by atoms with Crippen molar-refractivity contribution in [2.24, 2.45) is 40.7 Å². The van der Waals surface area contributed by atoms with Gasteiger partial charge >= 0.3 is 0 Å². The van der Waals surface area contributed by atoms with E-state index in [0.29, 0.717) is 76.6 Å². The molecule has 0 aromatic carbocycles. The molecule has 105 heavy (non-hydrogen) atoms. The number of halogens is 2. The van der Waals surface area contributed by atoms with Gasteiger partial charge < -0.3 is 70.0 Å². The van der Waals surface area contributed by atoms with Gasteiger partial charge in [-0.15, -0.1) is 23.2 Å². The Bertz CT molecular complexity index is 3060. The van der Waals surface area contributed by atoms with Crippen LogP contribution in [-0.2, 0) is 62.3 Å². The van der Waals surface area contributed by atoms with Crippen LogP contribution in [0.15, 0.2) is 24.3 Å². The second-order valence-electron chi connectivity index (χ2n) is 32.3. The number of fused-ring (bicyclic) bond motifs is 17. The molecule has 592 valence electrons. The highest BCUT2D eigenvalue weighted by atomic mass is 35.5. The second-order valence-corrected chi connectivity index (χ2v) is 33.4. The first kappa shape index (κ1) is 87.7. The Hall–Kier alpha value is -6.18. The van der Waals surface area contributed by atoms with Crippen molar-refractivity contribution in [2.45, 2.75) is 273 Å². The number of carbonyl (C=O) groups excluding carboxylic acids is 12. The Kier molecular flexibility index (Phi) is 33.7. The van der Waals surface area contributed by atoms with Gasteiger partial charge in [0.1, 0.15) is 54.1 Å². The smallest absolute Gasteiger partial charge is 0.248 e. The Balaban J connectivity index is 1.26. The first-order valence-electron chi connectivity index (χ1n) is 39.0. The topological polar surface area (TPSA) is 293 Å². The van der Waals surface area contributed by atoms with Crippen LogP contribution in [0.3, 0.4) is 0 Å². The van der Waals surface area contributed by atoms with E-state index in [4.69, 9.17) is 33.7 Å². The number of alkyl halides is 2. The van der Waals surface area contributed by atoms with E-state index in [0.717, 1.165) is 57.8 Å². The number of hydrogen-bond acceptors (Lipinski definition) is 14. The fraction of sp³-hybridized carbons (Fsp3) is 0.795. The highest BCUT2D eigenvalue weighted by Gasteiger charge is 2.59. The van der Waals surface area contributed by atoms with Gasteiger partial charge in [0.25, 0.3) is 0 Å². The van der Waals surface area contributed by atoms with Gasteiger partial charge in [-0.3, -0.25) is 52.7 Å². The van der Waals surface area contributed by atoms with Gasteiger partial charge in [-0.2, -0.15) is 0 Å². The molecule has 1 saturated heterocycles. The molecule has 0 spiro atoms. The summed E-state index contributed by atoms with van der Waals surface area (Å²) in [5.41, 5.74) is 4.73. The molecule has 4 aliphatic heterocycles. The number of aldehydes is 1. The maximum Gasteiger partial charge on any atom is 0.248 e. The molecule has 4 fully saturated rings. The summed E-state index contributed by atoms with van der Waals surface area (Å²) < 4.78 is 6.02. The zero-order valence-electron chi connectivity index (χ0n) is 65.8. The monoisotopic (exact) mass is 1510 g/mol. The number of nitrogens with one attached hydrogen (secondary N) is 2. The molecule has 11 amide bonds. The maximum absolute atomic E-state index is 15.7. The lowest BCUT2D eigenvalue weighted by Crippen LogP contribution is -2.71. The summed E-state index contributed by atoms with van der Waals surface area (Å²) in [6.45, 7) is 13.4. The molecule has 3 aliphatic carbocycles. The fourth-order valence-electron chi connectivity index (χ4n) is 17.1. The molecular formula is C78H128Cl2N12O13. The van der Waals surface area contributed by atoms with Gasteiger partial charge in [-0.25, -0.2) is 0 Å². The lowest BCUT2D eigenvalue weighted by molar-refractivity contribution is -0.161. The van der Waals surface area contributed by atoms with Gasteiger partial charge in [0, 0.05) is 87.9 Å². The van der Waals surface area contributed by atoms with Crippen molar-refractivity contribution >= 4 is 94.5 Å².